The van der Waals surface area contributed by atoms with Crippen molar-refractivity contribution in [2.75, 3.05) is 6.26 Å². The van der Waals surface area contributed by atoms with Crippen LogP contribution in [0.2, 0.25) is 5.02 Å². The van der Waals surface area contributed by atoms with Gasteiger partial charge >= 0.3 is 0 Å². The van der Waals surface area contributed by atoms with Gasteiger partial charge in [0.1, 0.15) is 5.84 Å². The summed E-state index contributed by atoms with van der Waals surface area (Å²) in [6, 6.07) is 11.2. The van der Waals surface area contributed by atoms with E-state index in [1.807, 2.05) is 41.3 Å². The second kappa shape index (κ2) is 6.79. The summed E-state index contributed by atoms with van der Waals surface area (Å²) in [5.41, 5.74) is 1.91. The normalized spacial score (nSPS) is 18.2. The van der Waals surface area contributed by atoms with Crippen LogP contribution in [0.25, 0.3) is 11.8 Å². The van der Waals surface area contributed by atoms with Gasteiger partial charge in [0.15, 0.2) is 5.17 Å². The number of aromatic nitrogens is 1. The van der Waals surface area contributed by atoms with Gasteiger partial charge in [0.2, 0.25) is 5.17 Å². The molecule has 26 heavy (non-hydrogen) atoms. The van der Waals surface area contributed by atoms with Gasteiger partial charge in [-0.25, -0.2) is 4.90 Å². The van der Waals surface area contributed by atoms with E-state index in [0.29, 0.717) is 15.4 Å². The lowest BCUT2D eigenvalue weighted by molar-refractivity contribution is -0.114. The highest BCUT2D eigenvalue weighted by molar-refractivity contribution is 8.18. The molecule has 6 nitrogen and oxygen atoms in total. The second-order valence-electron chi connectivity index (χ2n) is 5.39. The maximum absolute atomic E-state index is 12.4. The minimum absolute atomic E-state index is 0.0851. The van der Waals surface area contributed by atoms with Crippen molar-refractivity contribution >= 4 is 63.5 Å². The summed E-state index contributed by atoms with van der Waals surface area (Å²) in [6.07, 6.45) is 5.45. The van der Waals surface area contributed by atoms with Gasteiger partial charge < -0.3 is 4.57 Å². The van der Waals surface area contributed by atoms with Gasteiger partial charge in [-0.2, -0.15) is 9.39 Å². The molecule has 0 aliphatic carbocycles. The molecule has 1 aromatic heterocycles. The standard InChI is InChI=1S/C17H12ClN5OS2/c1-25-17-21-26-16-20-15(24)13(14(19)23(16)17)9-12-3-2-8-22(12)11-6-4-10(18)5-7-11/h2-9,19H,1H3/b13-9-,19-14?. The summed E-state index contributed by atoms with van der Waals surface area (Å²) >= 11 is 8.48. The Balaban J connectivity index is 1.75. The first-order valence-corrected chi connectivity index (χ1v) is 9.92. The van der Waals surface area contributed by atoms with Crippen molar-refractivity contribution in [3.63, 3.8) is 0 Å². The minimum atomic E-state index is -0.435. The van der Waals surface area contributed by atoms with Crippen LogP contribution in [0.3, 0.4) is 0 Å². The van der Waals surface area contributed by atoms with Crippen molar-refractivity contribution in [2.45, 2.75) is 0 Å². The van der Waals surface area contributed by atoms with Crippen LogP contribution in [0.4, 0.5) is 0 Å². The van der Waals surface area contributed by atoms with Crippen molar-refractivity contribution in [3.8, 4) is 5.69 Å². The summed E-state index contributed by atoms with van der Waals surface area (Å²) in [4.78, 5) is 18.1. The third kappa shape index (κ3) is 2.90. The number of carbonyl (C=O) groups excluding carboxylic acids is 1. The SMILES string of the molecule is CSC1=NSC2=NC(=O)/C(=C\c3cccn3-c3ccc(Cl)cc3)C(=N)N12. The van der Waals surface area contributed by atoms with Crippen molar-refractivity contribution in [3.05, 3.63) is 58.9 Å². The number of hydrogen-bond acceptors (Lipinski definition) is 5. The van der Waals surface area contributed by atoms with E-state index in [9.17, 15) is 4.79 Å². The van der Waals surface area contributed by atoms with E-state index in [1.165, 1.54) is 11.8 Å². The summed E-state index contributed by atoms with van der Waals surface area (Å²) in [5, 5.41) is 10.2. The Morgan fingerprint density at radius 2 is 2.04 bits per heavy atom. The number of thioether (sulfide) groups is 1. The molecule has 0 atom stereocenters. The first-order valence-electron chi connectivity index (χ1n) is 7.54. The number of amidine groups is 3. The van der Waals surface area contributed by atoms with Gasteiger partial charge in [-0.3, -0.25) is 10.2 Å². The molecule has 1 N–H and O–H groups in total. The van der Waals surface area contributed by atoms with Crippen molar-refractivity contribution in [1.29, 1.82) is 5.41 Å². The van der Waals surface area contributed by atoms with Crippen molar-refractivity contribution < 1.29 is 4.79 Å². The Morgan fingerprint density at radius 3 is 2.77 bits per heavy atom. The number of fused-ring (bicyclic) bond motifs is 1. The molecule has 1 aromatic carbocycles. The molecular weight excluding hydrogens is 390 g/mol. The van der Waals surface area contributed by atoms with Gasteiger partial charge in [-0.15, -0.1) is 0 Å². The number of halogens is 1. The van der Waals surface area contributed by atoms with E-state index < -0.39 is 5.91 Å². The first-order chi connectivity index (χ1) is 12.6. The van der Waals surface area contributed by atoms with Gasteiger partial charge in [-0.1, -0.05) is 23.4 Å². The monoisotopic (exact) mass is 401 g/mol. The predicted molar refractivity (Wildman–Crippen MR) is 109 cm³/mol. The van der Waals surface area contributed by atoms with E-state index in [4.69, 9.17) is 17.0 Å². The number of carbonyl (C=O) groups is 1. The van der Waals surface area contributed by atoms with Crippen LogP contribution in [-0.2, 0) is 4.79 Å². The predicted octanol–water partition coefficient (Wildman–Crippen LogP) is 4.07. The zero-order valence-corrected chi connectivity index (χ0v) is 15.9. The zero-order chi connectivity index (χ0) is 18.3. The average Bonchev–Trinajstić information content (AvgIpc) is 3.26. The van der Waals surface area contributed by atoms with E-state index in [0.717, 1.165) is 23.3 Å². The van der Waals surface area contributed by atoms with Gasteiger partial charge in [-0.05, 0) is 48.7 Å². The molecule has 130 valence electrons. The summed E-state index contributed by atoms with van der Waals surface area (Å²) in [6.45, 7) is 0. The Morgan fingerprint density at radius 1 is 1.27 bits per heavy atom. The molecule has 0 spiro atoms. The average molecular weight is 402 g/mol. The molecule has 0 radical (unpaired) electrons. The fourth-order valence-corrected chi connectivity index (χ4v) is 4.21. The smallest absolute Gasteiger partial charge is 0.283 e. The summed E-state index contributed by atoms with van der Waals surface area (Å²) < 4.78 is 6.16. The number of hydrogen-bond donors (Lipinski definition) is 1. The Bertz CT molecular complexity index is 1010. The number of nitrogens with zero attached hydrogens (tertiary/aromatic N) is 4. The maximum Gasteiger partial charge on any atom is 0.283 e. The van der Waals surface area contributed by atoms with Crippen molar-refractivity contribution in [2.24, 2.45) is 9.39 Å². The van der Waals surface area contributed by atoms with E-state index in [1.54, 1.807) is 23.1 Å². The molecular formula is C17H12ClN5OS2. The number of rotatable bonds is 2. The number of benzene rings is 1. The van der Waals surface area contributed by atoms with Crippen molar-refractivity contribution in [1.82, 2.24) is 9.47 Å². The van der Waals surface area contributed by atoms with Gasteiger partial charge in [0.25, 0.3) is 5.91 Å². The fraction of sp³-hybridized carbons (Fsp3) is 0.0588. The quantitative estimate of drug-likeness (QED) is 0.608. The number of amides is 1. The van der Waals surface area contributed by atoms with Gasteiger partial charge in [0, 0.05) is 22.6 Å². The first kappa shape index (κ1) is 17.1. The van der Waals surface area contributed by atoms with E-state index in [2.05, 4.69) is 9.39 Å². The van der Waals surface area contributed by atoms with Crippen LogP contribution >= 0.6 is 35.3 Å². The highest BCUT2D eigenvalue weighted by Gasteiger charge is 2.37. The third-order valence-electron chi connectivity index (χ3n) is 3.85. The topological polar surface area (TPSA) is 73.8 Å². The second-order valence-corrected chi connectivity index (χ2v) is 7.33. The highest BCUT2D eigenvalue weighted by atomic mass is 35.5. The number of aliphatic imine (C=N–C) groups is 1. The van der Waals surface area contributed by atoms with Crippen LogP contribution in [0.5, 0.6) is 0 Å². The van der Waals surface area contributed by atoms with Crippen LogP contribution in [-0.4, -0.2) is 37.8 Å². The van der Waals surface area contributed by atoms with Crippen LogP contribution in [0.15, 0.2) is 57.6 Å². The maximum atomic E-state index is 12.4. The largest absolute Gasteiger partial charge is 0.317 e. The highest BCUT2D eigenvalue weighted by Crippen LogP contribution is 2.31. The summed E-state index contributed by atoms with van der Waals surface area (Å²) in [7, 11) is 0. The molecule has 0 unspecified atom stereocenters. The molecule has 1 amide bonds. The van der Waals surface area contributed by atoms with Crippen LogP contribution < -0.4 is 0 Å². The molecule has 0 fully saturated rings. The molecule has 0 saturated carbocycles. The molecule has 4 rings (SSSR count). The van der Waals surface area contributed by atoms with E-state index in [-0.39, 0.29) is 11.4 Å². The Labute approximate surface area is 163 Å². The lowest BCUT2D eigenvalue weighted by atomic mass is 10.1. The lowest BCUT2D eigenvalue weighted by Gasteiger charge is -2.23. The third-order valence-corrected chi connectivity index (χ3v) is 5.56. The molecule has 3 heterocycles. The van der Waals surface area contributed by atoms with Gasteiger partial charge in [0.05, 0.1) is 17.5 Å². The molecule has 9 heteroatoms. The van der Waals surface area contributed by atoms with Crippen LogP contribution in [0.1, 0.15) is 5.69 Å². The van der Waals surface area contributed by atoms with E-state index >= 15 is 0 Å². The molecule has 2 aliphatic rings. The lowest BCUT2D eigenvalue weighted by Crippen LogP contribution is -2.41. The summed E-state index contributed by atoms with van der Waals surface area (Å²) in [5.74, 6) is -0.350. The minimum Gasteiger partial charge on any atom is -0.317 e. The Kier molecular flexibility index (Phi) is 4.47. The molecule has 2 aliphatic heterocycles. The van der Waals surface area contributed by atoms with Crippen LogP contribution in [0, 0.1) is 5.41 Å². The Hall–Kier alpha value is -2.29. The zero-order valence-electron chi connectivity index (χ0n) is 13.5. The number of nitrogens with one attached hydrogen (secondary N) is 1. The molecule has 0 bridgehead atoms. The molecule has 2 aromatic rings. The fourth-order valence-electron chi connectivity index (χ4n) is 2.63. The molecule has 0 saturated heterocycles.